The van der Waals surface area contributed by atoms with Crippen LogP contribution in [0.15, 0.2) is 24.3 Å². The van der Waals surface area contributed by atoms with E-state index in [0.29, 0.717) is 18.2 Å². The average Bonchev–Trinajstić information content (AvgIpc) is 3.25. The standard InChI is InChI=1S/C18H24N4O/c19-12-15-5-3-6-16(11-15)13-20-18(23)22-10-4-7-17(22)14-21-8-1-2-9-21/h3,5-6,11,17H,1-2,4,7-10,13-14H2,(H,20,23). The zero-order valence-electron chi connectivity index (χ0n) is 13.5. The lowest BCUT2D eigenvalue weighted by Crippen LogP contribution is -2.46. The molecule has 0 aliphatic carbocycles. The predicted molar refractivity (Wildman–Crippen MR) is 88.8 cm³/mol. The van der Waals surface area contributed by atoms with E-state index in [0.717, 1.165) is 31.5 Å². The Bertz CT molecular complexity index is 589. The summed E-state index contributed by atoms with van der Waals surface area (Å²) < 4.78 is 0. The molecule has 0 saturated carbocycles. The highest BCUT2D eigenvalue weighted by Crippen LogP contribution is 2.20. The molecule has 1 unspecified atom stereocenters. The van der Waals surface area contributed by atoms with Gasteiger partial charge in [-0.05, 0) is 56.5 Å². The summed E-state index contributed by atoms with van der Waals surface area (Å²) in [5.41, 5.74) is 1.59. The quantitative estimate of drug-likeness (QED) is 0.928. The van der Waals surface area contributed by atoms with Crippen LogP contribution in [-0.4, -0.2) is 48.1 Å². The number of nitriles is 1. The molecule has 2 fully saturated rings. The fourth-order valence-corrected chi connectivity index (χ4v) is 3.59. The van der Waals surface area contributed by atoms with Crippen LogP contribution in [0.3, 0.4) is 0 Å². The Labute approximate surface area is 137 Å². The molecular weight excluding hydrogens is 288 g/mol. The fourth-order valence-electron chi connectivity index (χ4n) is 3.59. The van der Waals surface area contributed by atoms with Gasteiger partial charge in [-0.15, -0.1) is 0 Å². The number of benzene rings is 1. The summed E-state index contributed by atoms with van der Waals surface area (Å²) in [5, 5.41) is 11.9. The van der Waals surface area contributed by atoms with Crippen molar-refractivity contribution in [1.29, 1.82) is 5.26 Å². The Morgan fingerprint density at radius 3 is 2.87 bits per heavy atom. The summed E-state index contributed by atoms with van der Waals surface area (Å²) in [6.45, 7) is 4.68. The largest absolute Gasteiger partial charge is 0.334 e. The number of amides is 2. The highest BCUT2D eigenvalue weighted by Gasteiger charge is 2.30. The number of nitrogens with zero attached hydrogens (tertiary/aromatic N) is 3. The monoisotopic (exact) mass is 312 g/mol. The van der Waals surface area contributed by atoms with Gasteiger partial charge in [-0.3, -0.25) is 0 Å². The normalized spacial score (nSPS) is 21.3. The second-order valence-electron chi connectivity index (χ2n) is 6.47. The molecule has 0 radical (unpaired) electrons. The number of hydrogen-bond donors (Lipinski definition) is 1. The Hall–Kier alpha value is -2.06. The lowest BCUT2D eigenvalue weighted by atomic mass is 10.1. The lowest BCUT2D eigenvalue weighted by molar-refractivity contribution is 0.174. The van der Waals surface area contributed by atoms with Crippen LogP contribution in [0.25, 0.3) is 0 Å². The number of carbonyl (C=O) groups is 1. The molecule has 122 valence electrons. The molecule has 2 aliphatic heterocycles. The highest BCUT2D eigenvalue weighted by molar-refractivity contribution is 5.74. The molecule has 5 heteroatoms. The van der Waals surface area contributed by atoms with E-state index in [1.807, 2.05) is 23.1 Å². The van der Waals surface area contributed by atoms with Crippen LogP contribution in [0, 0.1) is 11.3 Å². The summed E-state index contributed by atoms with van der Waals surface area (Å²) in [4.78, 5) is 17.0. The summed E-state index contributed by atoms with van der Waals surface area (Å²) in [6.07, 6.45) is 4.77. The zero-order valence-corrected chi connectivity index (χ0v) is 13.5. The Morgan fingerprint density at radius 1 is 1.26 bits per heavy atom. The van der Waals surface area contributed by atoms with Crippen LogP contribution in [0.4, 0.5) is 4.79 Å². The van der Waals surface area contributed by atoms with E-state index in [1.165, 1.54) is 25.9 Å². The Morgan fingerprint density at radius 2 is 2.09 bits per heavy atom. The van der Waals surface area contributed by atoms with Crippen LogP contribution < -0.4 is 5.32 Å². The van der Waals surface area contributed by atoms with E-state index in [1.54, 1.807) is 6.07 Å². The summed E-state index contributed by atoms with van der Waals surface area (Å²) >= 11 is 0. The van der Waals surface area contributed by atoms with Crippen molar-refractivity contribution in [2.45, 2.75) is 38.3 Å². The van der Waals surface area contributed by atoms with Crippen molar-refractivity contribution in [2.75, 3.05) is 26.2 Å². The molecule has 1 N–H and O–H groups in total. The second-order valence-corrected chi connectivity index (χ2v) is 6.47. The Kier molecular flexibility index (Phi) is 5.14. The lowest BCUT2D eigenvalue weighted by Gasteiger charge is -2.28. The van der Waals surface area contributed by atoms with Crippen LogP contribution in [0.2, 0.25) is 0 Å². The van der Waals surface area contributed by atoms with Crippen molar-refractivity contribution in [3.63, 3.8) is 0 Å². The van der Waals surface area contributed by atoms with E-state index in [2.05, 4.69) is 16.3 Å². The molecular formula is C18H24N4O. The minimum atomic E-state index is 0.0223. The first-order valence-corrected chi connectivity index (χ1v) is 8.52. The molecule has 0 spiro atoms. The summed E-state index contributed by atoms with van der Waals surface area (Å²) in [6, 6.07) is 9.89. The summed E-state index contributed by atoms with van der Waals surface area (Å²) in [7, 11) is 0. The first kappa shape index (κ1) is 15.8. The maximum Gasteiger partial charge on any atom is 0.317 e. The molecule has 5 nitrogen and oxygen atoms in total. The van der Waals surface area contributed by atoms with Crippen molar-refractivity contribution in [3.05, 3.63) is 35.4 Å². The van der Waals surface area contributed by atoms with Gasteiger partial charge in [-0.1, -0.05) is 12.1 Å². The van der Waals surface area contributed by atoms with Crippen molar-refractivity contribution in [1.82, 2.24) is 15.1 Å². The average molecular weight is 312 g/mol. The zero-order chi connectivity index (χ0) is 16.1. The van der Waals surface area contributed by atoms with Gasteiger partial charge in [0.25, 0.3) is 0 Å². The van der Waals surface area contributed by atoms with Gasteiger partial charge >= 0.3 is 6.03 Å². The number of rotatable bonds is 4. The van der Waals surface area contributed by atoms with Gasteiger partial charge in [0.2, 0.25) is 0 Å². The van der Waals surface area contributed by atoms with Crippen molar-refractivity contribution < 1.29 is 4.79 Å². The van der Waals surface area contributed by atoms with Crippen molar-refractivity contribution >= 4 is 6.03 Å². The van der Waals surface area contributed by atoms with Gasteiger partial charge in [0.05, 0.1) is 11.6 Å². The second kappa shape index (κ2) is 7.47. The number of carbonyl (C=O) groups excluding carboxylic acids is 1. The molecule has 2 heterocycles. The molecule has 0 aromatic heterocycles. The molecule has 23 heavy (non-hydrogen) atoms. The molecule has 0 bridgehead atoms. The first-order chi connectivity index (χ1) is 11.3. The van der Waals surface area contributed by atoms with Gasteiger partial charge in [0.1, 0.15) is 0 Å². The molecule has 2 aliphatic rings. The van der Waals surface area contributed by atoms with E-state index in [9.17, 15) is 4.79 Å². The third-order valence-corrected chi connectivity index (χ3v) is 4.81. The number of nitrogens with one attached hydrogen (secondary N) is 1. The van der Waals surface area contributed by atoms with Gasteiger partial charge in [-0.2, -0.15) is 5.26 Å². The van der Waals surface area contributed by atoms with E-state index >= 15 is 0 Å². The molecule has 1 aromatic carbocycles. The third-order valence-electron chi connectivity index (χ3n) is 4.81. The molecule has 2 amide bonds. The van der Waals surface area contributed by atoms with Crippen LogP contribution in [0.5, 0.6) is 0 Å². The third kappa shape index (κ3) is 4.02. The highest BCUT2D eigenvalue weighted by atomic mass is 16.2. The smallest absolute Gasteiger partial charge is 0.317 e. The van der Waals surface area contributed by atoms with Crippen LogP contribution in [0.1, 0.15) is 36.8 Å². The molecule has 1 atom stereocenters. The first-order valence-electron chi connectivity index (χ1n) is 8.52. The fraction of sp³-hybridized carbons (Fsp3) is 0.556. The molecule has 3 rings (SSSR count). The topological polar surface area (TPSA) is 59.4 Å². The van der Waals surface area contributed by atoms with Crippen LogP contribution in [-0.2, 0) is 6.54 Å². The number of urea groups is 1. The van der Waals surface area contributed by atoms with Gasteiger partial charge in [-0.25, -0.2) is 4.79 Å². The maximum absolute atomic E-state index is 12.5. The SMILES string of the molecule is N#Cc1cccc(CNC(=O)N2CCCC2CN2CCCC2)c1. The summed E-state index contributed by atoms with van der Waals surface area (Å²) in [5.74, 6) is 0. The van der Waals surface area contributed by atoms with Gasteiger partial charge in [0, 0.05) is 25.7 Å². The van der Waals surface area contributed by atoms with Crippen LogP contribution >= 0.6 is 0 Å². The molecule has 2 saturated heterocycles. The van der Waals surface area contributed by atoms with E-state index < -0.39 is 0 Å². The predicted octanol–water partition coefficient (Wildman–Crippen LogP) is 2.33. The maximum atomic E-state index is 12.5. The Balaban J connectivity index is 1.53. The van der Waals surface area contributed by atoms with Gasteiger partial charge < -0.3 is 15.1 Å². The molecule has 1 aromatic rings. The minimum Gasteiger partial charge on any atom is -0.334 e. The van der Waals surface area contributed by atoms with E-state index in [-0.39, 0.29) is 6.03 Å². The van der Waals surface area contributed by atoms with Gasteiger partial charge in [0.15, 0.2) is 0 Å². The number of likely N-dealkylation sites (tertiary alicyclic amines) is 2. The van der Waals surface area contributed by atoms with E-state index in [4.69, 9.17) is 5.26 Å². The van der Waals surface area contributed by atoms with Crippen molar-refractivity contribution in [2.24, 2.45) is 0 Å². The minimum absolute atomic E-state index is 0.0223. The number of hydrogen-bond acceptors (Lipinski definition) is 3. The van der Waals surface area contributed by atoms with Crippen molar-refractivity contribution in [3.8, 4) is 6.07 Å².